The average molecular weight is 293 g/mol. The van der Waals surface area contributed by atoms with Crippen LogP contribution in [0.4, 0.5) is 0 Å². The van der Waals surface area contributed by atoms with Crippen molar-refractivity contribution in [3.8, 4) is 11.3 Å². The molecule has 0 bridgehead atoms. The highest BCUT2D eigenvalue weighted by Crippen LogP contribution is 2.27. The smallest absolute Gasteiger partial charge is 0.342 e. The molecular weight excluding hydrogens is 280 g/mol. The monoisotopic (exact) mass is 292 g/mol. The molecule has 0 aliphatic rings. The number of methoxy groups -OCH3 is 1. The summed E-state index contributed by atoms with van der Waals surface area (Å²) < 4.78 is 5.95. The highest BCUT2D eigenvalue weighted by atomic mass is 35.5. The number of halogens is 1. The number of esters is 1. The number of carbonyl (C=O) groups is 2. The van der Waals surface area contributed by atoms with Crippen molar-refractivity contribution >= 4 is 23.5 Å². The molecule has 2 aromatic rings. The van der Waals surface area contributed by atoms with Gasteiger partial charge in [0, 0.05) is 17.5 Å². The van der Waals surface area contributed by atoms with Crippen LogP contribution >= 0.6 is 11.6 Å². The Hall–Kier alpha value is -2.14. The lowest BCUT2D eigenvalue weighted by molar-refractivity contribution is 0.0601. The summed E-state index contributed by atoms with van der Waals surface area (Å²) in [6, 6.07) is 6.92. The number of aromatic nitrogens is 2. The Bertz CT molecular complexity index is 692. The first-order valence-corrected chi connectivity index (χ1v) is 6.28. The molecule has 20 heavy (non-hydrogen) atoms. The van der Waals surface area contributed by atoms with E-state index in [0.717, 1.165) is 0 Å². The third-order valence-corrected chi connectivity index (χ3v) is 3.14. The van der Waals surface area contributed by atoms with E-state index in [9.17, 15) is 9.59 Å². The second-order valence-corrected chi connectivity index (χ2v) is 4.68. The molecule has 0 fully saturated rings. The Kier molecular flexibility index (Phi) is 3.90. The number of hydrogen-bond donors (Lipinski definition) is 0. The molecular formula is C14H13ClN2O3. The van der Waals surface area contributed by atoms with Gasteiger partial charge >= 0.3 is 5.97 Å². The van der Waals surface area contributed by atoms with E-state index in [0.29, 0.717) is 22.0 Å². The van der Waals surface area contributed by atoms with Gasteiger partial charge in [0.2, 0.25) is 5.91 Å². The molecule has 5 nitrogen and oxygen atoms in total. The maximum absolute atomic E-state index is 11.9. The number of ether oxygens (including phenoxy) is 1. The molecule has 1 heterocycles. The lowest BCUT2D eigenvalue weighted by Crippen LogP contribution is -2.11. The van der Waals surface area contributed by atoms with Gasteiger partial charge in [-0.2, -0.15) is 5.10 Å². The van der Waals surface area contributed by atoms with Crippen LogP contribution in [0.3, 0.4) is 0 Å². The number of carbonyl (C=O) groups excluding carboxylic acids is 2. The van der Waals surface area contributed by atoms with E-state index in [-0.39, 0.29) is 11.5 Å². The molecule has 0 saturated heterocycles. The van der Waals surface area contributed by atoms with Crippen LogP contribution in [-0.2, 0) is 4.74 Å². The Balaban J connectivity index is 2.71. The minimum Gasteiger partial charge on any atom is -0.465 e. The first-order chi connectivity index (χ1) is 9.45. The van der Waals surface area contributed by atoms with Crippen LogP contribution in [0.5, 0.6) is 0 Å². The van der Waals surface area contributed by atoms with Gasteiger partial charge < -0.3 is 4.74 Å². The summed E-state index contributed by atoms with van der Waals surface area (Å²) in [5.74, 6) is -0.814. The van der Waals surface area contributed by atoms with Crippen LogP contribution in [0, 0.1) is 6.92 Å². The van der Waals surface area contributed by atoms with E-state index in [2.05, 4.69) is 5.10 Å². The van der Waals surface area contributed by atoms with Crippen molar-refractivity contribution in [2.45, 2.75) is 13.8 Å². The molecule has 0 aliphatic carbocycles. The van der Waals surface area contributed by atoms with Gasteiger partial charge in [0.05, 0.1) is 12.8 Å². The summed E-state index contributed by atoms with van der Waals surface area (Å²) >= 11 is 5.95. The Labute approximate surface area is 121 Å². The van der Waals surface area contributed by atoms with Gasteiger partial charge in [-0.3, -0.25) is 4.79 Å². The third kappa shape index (κ3) is 2.44. The van der Waals surface area contributed by atoms with E-state index in [4.69, 9.17) is 16.3 Å². The minimum absolute atomic E-state index is 0.268. The highest BCUT2D eigenvalue weighted by molar-refractivity contribution is 6.30. The fourth-order valence-corrected chi connectivity index (χ4v) is 2.18. The van der Waals surface area contributed by atoms with Crippen LogP contribution in [0.25, 0.3) is 11.3 Å². The predicted octanol–water partition coefficient (Wildman–Crippen LogP) is 2.96. The average Bonchev–Trinajstić information content (AvgIpc) is 2.75. The molecule has 1 aromatic heterocycles. The molecule has 0 amide bonds. The number of benzene rings is 1. The van der Waals surface area contributed by atoms with Crippen LogP contribution < -0.4 is 0 Å². The Morgan fingerprint density at radius 1 is 1.35 bits per heavy atom. The molecule has 1 aromatic carbocycles. The zero-order chi connectivity index (χ0) is 14.9. The van der Waals surface area contributed by atoms with Crippen molar-refractivity contribution < 1.29 is 14.3 Å². The third-order valence-electron chi connectivity index (χ3n) is 2.90. The van der Waals surface area contributed by atoms with E-state index < -0.39 is 5.97 Å². The van der Waals surface area contributed by atoms with Crippen molar-refractivity contribution in [1.82, 2.24) is 9.78 Å². The minimum atomic E-state index is -0.537. The van der Waals surface area contributed by atoms with Gasteiger partial charge in [0.15, 0.2) is 0 Å². The largest absolute Gasteiger partial charge is 0.465 e. The van der Waals surface area contributed by atoms with Crippen LogP contribution in [0.15, 0.2) is 24.3 Å². The number of rotatable bonds is 2. The summed E-state index contributed by atoms with van der Waals surface area (Å²) in [4.78, 5) is 23.5. The van der Waals surface area contributed by atoms with Crippen molar-refractivity contribution in [3.05, 3.63) is 40.5 Å². The van der Waals surface area contributed by atoms with Gasteiger partial charge in [-0.05, 0) is 19.1 Å². The molecule has 0 spiro atoms. The topological polar surface area (TPSA) is 61.2 Å². The predicted molar refractivity (Wildman–Crippen MR) is 75.1 cm³/mol. The van der Waals surface area contributed by atoms with E-state index in [1.54, 1.807) is 31.2 Å². The molecule has 6 heteroatoms. The summed E-state index contributed by atoms with van der Waals surface area (Å²) in [6.45, 7) is 3.03. The van der Waals surface area contributed by atoms with Gasteiger partial charge in [-0.1, -0.05) is 23.7 Å². The fraction of sp³-hybridized carbons (Fsp3) is 0.214. The lowest BCUT2D eigenvalue weighted by Gasteiger charge is -2.02. The summed E-state index contributed by atoms with van der Waals surface area (Å²) in [7, 11) is 1.29. The second kappa shape index (κ2) is 5.46. The Morgan fingerprint density at radius 3 is 2.60 bits per heavy atom. The Morgan fingerprint density at radius 2 is 2.05 bits per heavy atom. The van der Waals surface area contributed by atoms with Crippen molar-refractivity contribution in [2.75, 3.05) is 7.11 Å². The SMILES string of the molecule is COC(=O)c1c(-c2cccc(Cl)c2)nn(C(C)=O)c1C. The van der Waals surface area contributed by atoms with Gasteiger partial charge in [0.25, 0.3) is 0 Å². The quantitative estimate of drug-likeness (QED) is 0.798. The van der Waals surface area contributed by atoms with Crippen molar-refractivity contribution in [3.63, 3.8) is 0 Å². The van der Waals surface area contributed by atoms with Gasteiger partial charge in [-0.25, -0.2) is 9.48 Å². The van der Waals surface area contributed by atoms with Gasteiger partial charge in [0.1, 0.15) is 11.3 Å². The highest BCUT2D eigenvalue weighted by Gasteiger charge is 2.24. The molecule has 0 atom stereocenters. The van der Waals surface area contributed by atoms with Crippen LogP contribution in [0.2, 0.25) is 5.02 Å². The van der Waals surface area contributed by atoms with Crippen LogP contribution in [-0.4, -0.2) is 28.8 Å². The van der Waals surface area contributed by atoms with Crippen molar-refractivity contribution in [1.29, 1.82) is 0 Å². The maximum atomic E-state index is 11.9. The van der Waals surface area contributed by atoms with Crippen LogP contribution in [0.1, 0.15) is 27.8 Å². The standard InChI is InChI=1S/C14H13ClN2O3/c1-8-12(14(19)20-3)13(16-17(8)9(2)18)10-5-4-6-11(15)7-10/h4-7H,1-3H3. The number of hydrogen-bond acceptors (Lipinski definition) is 4. The zero-order valence-corrected chi connectivity index (χ0v) is 12.1. The molecule has 0 unspecified atom stereocenters. The molecule has 104 valence electrons. The first kappa shape index (κ1) is 14.3. The molecule has 0 radical (unpaired) electrons. The lowest BCUT2D eigenvalue weighted by atomic mass is 10.1. The van der Waals surface area contributed by atoms with Gasteiger partial charge in [-0.15, -0.1) is 0 Å². The molecule has 0 saturated carbocycles. The number of nitrogens with zero attached hydrogens (tertiary/aromatic N) is 2. The summed E-state index contributed by atoms with van der Waals surface area (Å²) in [5.41, 5.74) is 1.75. The summed E-state index contributed by atoms with van der Waals surface area (Å²) in [6.07, 6.45) is 0. The molecule has 0 aliphatic heterocycles. The second-order valence-electron chi connectivity index (χ2n) is 4.24. The molecule has 2 rings (SSSR count). The van der Waals surface area contributed by atoms with Crippen molar-refractivity contribution in [2.24, 2.45) is 0 Å². The maximum Gasteiger partial charge on any atom is 0.342 e. The van der Waals surface area contributed by atoms with E-state index in [1.165, 1.54) is 18.7 Å². The summed E-state index contributed by atoms with van der Waals surface area (Å²) in [5, 5.41) is 4.72. The first-order valence-electron chi connectivity index (χ1n) is 5.90. The van der Waals surface area contributed by atoms with E-state index >= 15 is 0 Å². The normalized spacial score (nSPS) is 10.4. The molecule has 0 N–H and O–H groups in total. The zero-order valence-electron chi connectivity index (χ0n) is 11.3. The fourth-order valence-electron chi connectivity index (χ4n) is 1.99. The van der Waals surface area contributed by atoms with E-state index in [1.807, 2.05) is 0 Å².